The van der Waals surface area contributed by atoms with Crippen molar-refractivity contribution >= 4 is 33.5 Å². The Labute approximate surface area is 231 Å². The number of methoxy groups -OCH3 is 1. The van der Waals surface area contributed by atoms with Crippen molar-refractivity contribution < 1.29 is 32.5 Å². The molecule has 2 amide bonds. The third kappa shape index (κ3) is 4.83. The van der Waals surface area contributed by atoms with E-state index in [1.807, 2.05) is 30.3 Å². The lowest BCUT2D eigenvalue weighted by atomic mass is 10.00. The minimum atomic E-state index is -4.14. The van der Waals surface area contributed by atoms with Crippen LogP contribution in [0.2, 0.25) is 0 Å². The molecule has 212 valence electrons. The highest BCUT2D eigenvalue weighted by molar-refractivity contribution is 7.89. The van der Waals surface area contributed by atoms with Gasteiger partial charge in [-0.15, -0.1) is 0 Å². The number of sulfonamides is 1. The standard InChI is InChI=1S/C27H30N4O8S/c1-39-25(33)22-8-5-15-28(22)24(32)23(18-19-6-3-2-4-7-19)29-16-17-30(27(13-14-27)26(29)34)40(37,38)21-11-9-20(10-12-21)31(35)36/h2-4,6-7,9-12,22-23H,5,8,13-18H2,1H3/t22-,23+/m1/s1. The van der Waals surface area contributed by atoms with E-state index >= 15 is 0 Å². The summed E-state index contributed by atoms with van der Waals surface area (Å²) in [6, 6.07) is 12.1. The first-order chi connectivity index (χ1) is 19.1. The second kappa shape index (κ2) is 10.6. The first-order valence-electron chi connectivity index (χ1n) is 13.1. The summed E-state index contributed by atoms with van der Waals surface area (Å²) in [5.74, 6) is -1.33. The minimum Gasteiger partial charge on any atom is -0.467 e. The van der Waals surface area contributed by atoms with Gasteiger partial charge >= 0.3 is 5.97 Å². The Bertz CT molecular complexity index is 1430. The molecule has 2 aromatic carbocycles. The predicted molar refractivity (Wildman–Crippen MR) is 141 cm³/mol. The van der Waals surface area contributed by atoms with Crippen molar-refractivity contribution in [1.29, 1.82) is 0 Å². The Balaban J connectivity index is 1.45. The van der Waals surface area contributed by atoms with Gasteiger partial charge in [-0.1, -0.05) is 30.3 Å². The van der Waals surface area contributed by atoms with Gasteiger partial charge in [-0.25, -0.2) is 13.2 Å². The number of piperazine rings is 1. The quantitative estimate of drug-likeness (QED) is 0.265. The lowest BCUT2D eigenvalue weighted by molar-refractivity contribution is -0.384. The Hall–Kier alpha value is -3.84. The molecule has 0 radical (unpaired) electrons. The fourth-order valence-electron chi connectivity index (χ4n) is 5.76. The summed E-state index contributed by atoms with van der Waals surface area (Å²) in [5.41, 5.74) is -0.732. The number of hydrogen-bond acceptors (Lipinski definition) is 8. The molecule has 2 saturated heterocycles. The number of amides is 2. The molecule has 5 rings (SSSR count). The Morgan fingerprint density at radius 1 is 1.07 bits per heavy atom. The Kier molecular flexibility index (Phi) is 7.36. The van der Waals surface area contributed by atoms with E-state index in [-0.39, 0.29) is 36.0 Å². The van der Waals surface area contributed by atoms with Crippen molar-refractivity contribution in [3.63, 3.8) is 0 Å². The second-order valence-electron chi connectivity index (χ2n) is 10.3. The molecule has 0 aromatic heterocycles. The first kappa shape index (κ1) is 27.7. The van der Waals surface area contributed by atoms with Crippen LogP contribution in [0.3, 0.4) is 0 Å². The van der Waals surface area contributed by atoms with Gasteiger partial charge < -0.3 is 14.5 Å². The zero-order chi connectivity index (χ0) is 28.7. The normalized spacial score (nSPS) is 21.3. The van der Waals surface area contributed by atoms with E-state index in [0.29, 0.717) is 32.2 Å². The maximum absolute atomic E-state index is 14.0. The molecule has 1 spiro atoms. The Morgan fingerprint density at radius 3 is 2.35 bits per heavy atom. The zero-order valence-electron chi connectivity index (χ0n) is 22.0. The summed E-state index contributed by atoms with van der Waals surface area (Å²) in [6.07, 6.45) is 1.91. The van der Waals surface area contributed by atoms with Crippen LogP contribution in [0.4, 0.5) is 5.69 Å². The molecule has 0 unspecified atom stereocenters. The van der Waals surface area contributed by atoms with Crippen LogP contribution in [-0.4, -0.2) is 89.6 Å². The summed E-state index contributed by atoms with van der Waals surface area (Å²) < 4.78 is 33.3. The molecule has 1 saturated carbocycles. The number of non-ortho nitro benzene ring substituents is 1. The molecule has 2 aliphatic heterocycles. The molecule has 0 N–H and O–H groups in total. The third-order valence-electron chi connectivity index (χ3n) is 7.98. The van der Waals surface area contributed by atoms with Crippen molar-refractivity contribution in [3.8, 4) is 0 Å². The van der Waals surface area contributed by atoms with Crippen LogP contribution < -0.4 is 0 Å². The zero-order valence-corrected chi connectivity index (χ0v) is 22.8. The van der Waals surface area contributed by atoms with Crippen molar-refractivity contribution in [1.82, 2.24) is 14.1 Å². The minimum absolute atomic E-state index is 0.0211. The fraction of sp³-hybridized carbons (Fsp3) is 0.444. The van der Waals surface area contributed by atoms with E-state index in [0.717, 1.165) is 17.7 Å². The van der Waals surface area contributed by atoms with Crippen molar-refractivity contribution in [2.75, 3.05) is 26.7 Å². The number of ether oxygens (including phenoxy) is 1. The van der Waals surface area contributed by atoms with Gasteiger partial charge in [0.1, 0.15) is 17.6 Å². The third-order valence-corrected chi connectivity index (χ3v) is 9.96. The van der Waals surface area contributed by atoms with Gasteiger partial charge in [0.25, 0.3) is 5.69 Å². The molecule has 12 nitrogen and oxygen atoms in total. The maximum Gasteiger partial charge on any atom is 0.328 e. The lowest BCUT2D eigenvalue weighted by Gasteiger charge is -2.44. The highest BCUT2D eigenvalue weighted by Gasteiger charge is 2.63. The monoisotopic (exact) mass is 570 g/mol. The highest BCUT2D eigenvalue weighted by atomic mass is 32.2. The number of nitro groups is 1. The molecule has 2 aromatic rings. The lowest BCUT2D eigenvalue weighted by Crippen LogP contribution is -2.65. The van der Waals surface area contributed by atoms with Crippen LogP contribution in [0.15, 0.2) is 59.5 Å². The van der Waals surface area contributed by atoms with Crippen LogP contribution in [0.25, 0.3) is 0 Å². The first-order valence-corrected chi connectivity index (χ1v) is 14.5. The van der Waals surface area contributed by atoms with E-state index < -0.39 is 44.4 Å². The van der Waals surface area contributed by atoms with E-state index in [2.05, 4.69) is 0 Å². The highest BCUT2D eigenvalue weighted by Crippen LogP contribution is 2.48. The molecule has 2 atom stereocenters. The maximum atomic E-state index is 14.0. The molecule has 0 bridgehead atoms. The second-order valence-corrected chi connectivity index (χ2v) is 12.1. The molecule has 3 fully saturated rings. The molecule has 2 heterocycles. The van der Waals surface area contributed by atoms with Gasteiger partial charge in [0.05, 0.1) is 16.9 Å². The van der Waals surface area contributed by atoms with Crippen LogP contribution in [0, 0.1) is 10.1 Å². The summed E-state index contributed by atoms with van der Waals surface area (Å²) in [5, 5.41) is 11.0. The fourth-order valence-corrected chi connectivity index (χ4v) is 7.53. The van der Waals surface area contributed by atoms with Gasteiger partial charge in [0.2, 0.25) is 21.8 Å². The summed E-state index contributed by atoms with van der Waals surface area (Å²) >= 11 is 0. The molecule has 13 heteroatoms. The summed E-state index contributed by atoms with van der Waals surface area (Å²) in [4.78, 5) is 53.6. The van der Waals surface area contributed by atoms with Gasteiger partial charge in [0, 0.05) is 38.2 Å². The molecule has 1 aliphatic carbocycles. The van der Waals surface area contributed by atoms with Crippen molar-refractivity contribution in [2.45, 2.75) is 54.6 Å². The van der Waals surface area contributed by atoms with E-state index in [4.69, 9.17) is 4.74 Å². The van der Waals surface area contributed by atoms with Gasteiger partial charge in [-0.05, 0) is 43.4 Å². The summed E-state index contributed by atoms with van der Waals surface area (Å²) in [7, 11) is -2.87. The predicted octanol–water partition coefficient (Wildman–Crippen LogP) is 1.74. The van der Waals surface area contributed by atoms with Crippen LogP contribution >= 0.6 is 0 Å². The average Bonchev–Trinajstić information content (AvgIpc) is 3.58. The van der Waals surface area contributed by atoms with Gasteiger partial charge in [-0.3, -0.25) is 19.7 Å². The number of rotatable bonds is 8. The van der Waals surface area contributed by atoms with E-state index in [1.165, 1.54) is 33.3 Å². The largest absolute Gasteiger partial charge is 0.467 e. The number of carbonyl (C=O) groups is 3. The number of hydrogen-bond donors (Lipinski definition) is 0. The molecule has 40 heavy (non-hydrogen) atoms. The van der Waals surface area contributed by atoms with Crippen LogP contribution in [0.1, 0.15) is 31.2 Å². The summed E-state index contributed by atoms with van der Waals surface area (Å²) in [6.45, 7) is 0.300. The number of esters is 1. The van der Waals surface area contributed by atoms with Crippen molar-refractivity contribution in [3.05, 3.63) is 70.3 Å². The number of nitrogens with zero attached hydrogens (tertiary/aromatic N) is 4. The average molecular weight is 571 g/mol. The molecular formula is C27H30N4O8S. The van der Waals surface area contributed by atoms with E-state index in [1.54, 1.807) is 0 Å². The molecule has 3 aliphatic rings. The SMILES string of the molecule is COC(=O)[C@H]1CCCN1C(=O)[C@H](Cc1ccccc1)N1CCN(S(=O)(=O)c2ccc([N+](=O)[O-])cc2)C2(CC2)C1=O. The van der Waals surface area contributed by atoms with Gasteiger partial charge in [0.15, 0.2) is 0 Å². The molecular weight excluding hydrogens is 540 g/mol. The smallest absolute Gasteiger partial charge is 0.328 e. The Morgan fingerprint density at radius 2 is 1.75 bits per heavy atom. The number of benzene rings is 2. The topological polar surface area (TPSA) is 147 Å². The number of likely N-dealkylation sites (tertiary alicyclic amines) is 1. The van der Waals surface area contributed by atoms with Crippen LogP contribution in [0.5, 0.6) is 0 Å². The van der Waals surface area contributed by atoms with Crippen molar-refractivity contribution in [2.24, 2.45) is 0 Å². The van der Waals surface area contributed by atoms with E-state index in [9.17, 15) is 32.9 Å². The van der Waals surface area contributed by atoms with Crippen LogP contribution in [-0.2, 0) is 35.6 Å². The van der Waals surface area contributed by atoms with Gasteiger partial charge in [-0.2, -0.15) is 4.31 Å². The number of carbonyl (C=O) groups excluding carboxylic acids is 3. The number of nitro benzene ring substituents is 1.